The van der Waals surface area contributed by atoms with Gasteiger partial charge < -0.3 is 9.72 Å². The molecular formula is C20H21FN2O2S2. The van der Waals surface area contributed by atoms with Gasteiger partial charge in [-0.25, -0.2) is 9.37 Å². The summed E-state index contributed by atoms with van der Waals surface area (Å²) >= 11 is 3.28. The predicted octanol–water partition coefficient (Wildman–Crippen LogP) is 4.56. The van der Waals surface area contributed by atoms with E-state index in [2.05, 4.69) is 16.9 Å². The second kappa shape index (κ2) is 8.02. The van der Waals surface area contributed by atoms with E-state index in [1.54, 1.807) is 41.3 Å². The molecule has 0 bridgehead atoms. The molecule has 1 aliphatic rings. The van der Waals surface area contributed by atoms with E-state index in [0.717, 1.165) is 29.5 Å². The number of thiophene rings is 1. The van der Waals surface area contributed by atoms with E-state index in [4.69, 9.17) is 4.74 Å². The van der Waals surface area contributed by atoms with Crippen LogP contribution in [-0.4, -0.2) is 22.3 Å². The average Bonchev–Trinajstić information content (AvgIpc) is 3.00. The van der Waals surface area contributed by atoms with Gasteiger partial charge in [-0.2, -0.15) is 11.8 Å². The molecule has 3 aromatic rings. The number of rotatable bonds is 6. The summed E-state index contributed by atoms with van der Waals surface area (Å²) in [5.74, 6) is 2.57. The molecule has 0 fully saturated rings. The van der Waals surface area contributed by atoms with E-state index in [0.29, 0.717) is 29.9 Å². The molecular weight excluding hydrogens is 383 g/mol. The smallest absolute Gasteiger partial charge is 0.259 e. The van der Waals surface area contributed by atoms with Crippen molar-refractivity contribution in [2.45, 2.75) is 31.9 Å². The number of nitrogens with one attached hydrogen (secondary N) is 1. The summed E-state index contributed by atoms with van der Waals surface area (Å²) in [5.41, 5.74) is 1.18. The number of hydrogen-bond donors (Lipinski definition) is 1. The number of nitrogens with zero attached hydrogens (tertiary/aromatic N) is 1. The monoisotopic (exact) mass is 404 g/mol. The zero-order chi connectivity index (χ0) is 18.8. The van der Waals surface area contributed by atoms with Crippen molar-refractivity contribution in [1.82, 2.24) is 9.97 Å². The molecule has 0 saturated carbocycles. The molecule has 2 aromatic heterocycles. The van der Waals surface area contributed by atoms with Crippen molar-refractivity contribution in [3.05, 3.63) is 56.7 Å². The number of ether oxygens (including phenoxy) is 1. The molecule has 27 heavy (non-hydrogen) atoms. The number of H-pyrrole nitrogens is 1. The van der Waals surface area contributed by atoms with Gasteiger partial charge >= 0.3 is 0 Å². The fourth-order valence-corrected chi connectivity index (χ4v) is 5.48. The van der Waals surface area contributed by atoms with Gasteiger partial charge in [-0.1, -0.05) is 19.1 Å². The highest BCUT2D eigenvalue weighted by atomic mass is 32.2. The molecule has 0 saturated heterocycles. The van der Waals surface area contributed by atoms with Crippen molar-refractivity contribution in [3.63, 3.8) is 0 Å². The fourth-order valence-electron chi connectivity index (χ4n) is 3.40. The maximum Gasteiger partial charge on any atom is 0.259 e. The Kier molecular flexibility index (Phi) is 5.50. The van der Waals surface area contributed by atoms with Gasteiger partial charge in [0, 0.05) is 10.6 Å². The van der Waals surface area contributed by atoms with Crippen molar-refractivity contribution in [3.8, 4) is 5.75 Å². The van der Waals surface area contributed by atoms with Gasteiger partial charge in [0.15, 0.2) is 11.6 Å². The second-order valence-electron chi connectivity index (χ2n) is 6.88. The number of aryl methyl sites for hydroxylation is 1. The topological polar surface area (TPSA) is 55.0 Å². The average molecular weight is 405 g/mol. The summed E-state index contributed by atoms with van der Waals surface area (Å²) in [5, 5.41) is 0.790. The molecule has 0 unspecified atom stereocenters. The minimum absolute atomic E-state index is 0.0229. The van der Waals surface area contributed by atoms with E-state index in [1.165, 1.54) is 16.5 Å². The highest BCUT2D eigenvalue weighted by Crippen LogP contribution is 2.35. The molecule has 0 amide bonds. The van der Waals surface area contributed by atoms with Crippen molar-refractivity contribution in [2.75, 3.05) is 12.4 Å². The highest BCUT2D eigenvalue weighted by molar-refractivity contribution is 7.98. The molecule has 142 valence electrons. The zero-order valence-electron chi connectivity index (χ0n) is 15.1. The normalized spacial score (nSPS) is 16.4. The molecule has 7 heteroatoms. The molecule has 0 spiro atoms. The van der Waals surface area contributed by atoms with Crippen LogP contribution in [0.2, 0.25) is 0 Å². The van der Waals surface area contributed by atoms with Gasteiger partial charge in [0.2, 0.25) is 0 Å². The first-order chi connectivity index (χ1) is 13.1. The van der Waals surface area contributed by atoms with Crippen LogP contribution in [0.25, 0.3) is 10.2 Å². The summed E-state index contributed by atoms with van der Waals surface area (Å²) in [6, 6.07) is 6.38. The predicted molar refractivity (Wildman–Crippen MR) is 109 cm³/mol. The van der Waals surface area contributed by atoms with Crippen LogP contribution < -0.4 is 10.3 Å². The van der Waals surface area contributed by atoms with Crippen molar-refractivity contribution in [2.24, 2.45) is 5.92 Å². The number of aromatic amines is 1. The van der Waals surface area contributed by atoms with Gasteiger partial charge in [-0.3, -0.25) is 4.79 Å². The van der Waals surface area contributed by atoms with Crippen LogP contribution >= 0.6 is 23.1 Å². The second-order valence-corrected chi connectivity index (χ2v) is 9.06. The van der Waals surface area contributed by atoms with Crippen LogP contribution in [0.5, 0.6) is 5.75 Å². The Balaban J connectivity index is 1.38. The van der Waals surface area contributed by atoms with Crippen LogP contribution in [0.4, 0.5) is 4.39 Å². The Morgan fingerprint density at radius 2 is 2.26 bits per heavy atom. The van der Waals surface area contributed by atoms with Crippen molar-refractivity contribution >= 4 is 33.3 Å². The van der Waals surface area contributed by atoms with Crippen molar-refractivity contribution in [1.29, 1.82) is 0 Å². The first kappa shape index (κ1) is 18.5. The fraction of sp³-hybridized carbons (Fsp3) is 0.400. The van der Waals surface area contributed by atoms with Crippen LogP contribution in [0.15, 0.2) is 29.1 Å². The summed E-state index contributed by atoms with van der Waals surface area (Å²) in [7, 11) is 0. The maximum absolute atomic E-state index is 13.5. The lowest BCUT2D eigenvalue weighted by molar-refractivity contribution is 0.325. The Hall–Kier alpha value is -1.86. The van der Waals surface area contributed by atoms with Gasteiger partial charge in [-0.05, 0) is 42.9 Å². The molecule has 1 atom stereocenters. The number of halogens is 1. The minimum Gasteiger partial charge on any atom is -0.490 e. The summed E-state index contributed by atoms with van der Waals surface area (Å²) < 4.78 is 18.9. The number of thioether (sulfide) groups is 1. The molecule has 4 nitrogen and oxygen atoms in total. The third-order valence-corrected chi connectivity index (χ3v) is 6.86. The number of hydrogen-bond acceptors (Lipinski definition) is 5. The third-order valence-electron chi connectivity index (χ3n) is 4.78. The van der Waals surface area contributed by atoms with Crippen molar-refractivity contribution < 1.29 is 9.13 Å². The summed E-state index contributed by atoms with van der Waals surface area (Å²) in [4.78, 5) is 22.4. The van der Waals surface area contributed by atoms with Crippen LogP contribution in [0.1, 0.15) is 29.6 Å². The van der Waals surface area contributed by atoms with E-state index in [1.807, 2.05) is 0 Å². The Bertz CT molecular complexity index is 1010. The van der Waals surface area contributed by atoms with Gasteiger partial charge in [0.05, 0.1) is 17.7 Å². The summed E-state index contributed by atoms with van der Waals surface area (Å²) in [6.07, 6.45) is 3.16. The molecule has 1 aliphatic carbocycles. The van der Waals surface area contributed by atoms with Gasteiger partial charge in [0.1, 0.15) is 10.7 Å². The molecule has 4 rings (SSSR count). The SMILES string of the molecule is C[C@@H]1CCc2c(sc3nc(CSCCOc4ccccc4F)[nH]c(=O)c23)C1. The molecule has 2 heterocycles. The lowest BCUT2D eigenvalue weighted by Crippen LogP contribution is -2.14. The Labute approximate surface area is 165 Å². The van der Waals surface area contributed by atoms with Gasteiger partial charge in [-0.15, -0.1) is 11.3 Å². The first-order valence-electron chi connectivity index (χ1n) is 9.10. The maximum atomic E-state index is 13.5. The highest BCUT2D eigenvalue weighted by Gasteiger charge is 2.22. The largest absolute Gasteiger partial charge is 0.490 e. The van der Waals surface area contributed by atoms with Gasteiger partial charge in [0.25, 0.3) is 5.56 Å². The zero-order valence-corrected chi connectivity index (χ0v) is 16.7. The number of para-hydroxylation sites is 1. The third kappa shape index (κ3) is 4.04. The molecule has 1 aromatic carbocycles. The number of fused-ring (bicyclic) bond motifs is 3. The standard InChI is InChI=1S/C20H21FN2O2S2/c1-12-6-7-13-16(10-12)27-20-18(13)19(24)22-17(23-20)11-26-9-8-25-15-5-3-2-4-14(15)21/h2-5,12H,6-11H2,1H3,(H,22,23,24)/t12-/m1/s1. The van der Waals surface area contributed by atoms with E-state index in [9.17, 15) is 9.18 Å². The lowest BCUT2D eigenvalue weighted by Gasteiger charge is -2.17. The van der Waals surface area contributed by atoms with E-state index < -0.39 is 0 Å². The molecule has 1 N–H and O–H groups in total. The Morgan fingerprint density at radius 1 is 1.41 bits per heavy atom. The lowest BCUT2D eigenvalue weighted by atomic mass is 9.89. The minimum atomic E-state index is -0.352. The summed E-state index contributed by atoms with van der Waals surface area (Å²) in [6.45, 7) is 2.67. The number of benzene rings is 1. The number of aromatic nitrogens is 2. The molecule has 0 aliphatic heterocycles. The van der Waals surface area contributed by atoms with Crippen LogP contribution in [0, 0.1) is 11.7 Å². The van der Waals surface area contributed by atoms with Crippen LogP contribution in [0.3, 0.4) is 0 Å². The van der Waals surface area contributed by atoms with Crippen LogP contribution in [-0.2, 0) is 18.6 Å². The Morgan fingerprint density at radius 3 is 3.11 bits per heavy atom. The van der Waals surface area contributed by atoms with E-state index >= 15 is 0 Å². The first-order valence-corrected chi connectivity index (χ1v) is 11.1. The quantitative estimate of drug-likeness (QED) is 0.612. The molecule has 0 radical (unpaired) electrons. The van der Waals surface area contributed by atoms with E-state index in [-0.39, 0.29) is 17.1 Å².